The van der Waals surface area contributed by atoms with E-state index in [9.17, 15) is 27.1 Å². The van der Waals surface area contributed by atoms with Crippen LogP contribution in [0.3, 0.4) is 0 Å². The van der Waals surface area contributed by atoms with Gasteiger partial charge in [-0.25, -0.2) is 23.7 Å². The molecule has 15 heteroatoms. The number of imidazole rings is 1. The van der Waals surface area contributed by atoms with Gasteiger partial charge in [-0.2, -0.15) is 18.3 Å². The molecule has 2 unspecified atom stereocenters. The van der Waals surface area contributed by atoms with Crippen molar-refractivity contribution < 1.29 is 31.6 Å². The van der Waals surface area contributed by atoms with Crippen LogP contribution in [0.15, 0.2) is 74.6 Å². The maximum atomic E-state index is 14.5. The molecule has 0 aliphatic rings. The van der Waals surface area contributed by atoms with Crippen LogP contribution in [-0.2, 0) is 19.2 Å². The summed E-state index contributed by atoms with van der Waals surface area (Å²) in [4.78, 5) is 15.0. The molecule has 0 bridgehead atoms. The Labute approximate surface area is 224 Å². The molecule has 0 spiro atoms. The molecule has 0 aliphatic heterocycles. The number of hydrogen-bond donors (Lipinski definition) is 1. The molecule has 3 heterocycles. The third-order valence-corrected chi connectivity index (χ3v) is 5.84. The first-order valence-electron chi connectivity index (χ1n) is 11.7. The SMILES string of the molecule is C=NC(=NC(=NCC(O)(c1nccn1C)C(F)(F)F)C(C)F)c1cc(-c2ccon2)n(Cc2ccccc2F)n1. The van der Waals surface area contributed by atoms with Gasteiger partial charge in [0.15, 0.2) is 23.7 Å². The van der Waals surface area contributed by atoms with Crippen molar-refractivity contribution in [3.8, 4) is 11.4 Å². The molecule has 0 fully saturated rings. The van der Waals surface area contributed by atoms with Crippen LogP contribution in [0, 0.1) is 5.82 Å². The summed E-state index contributed by atoms with van der Waals surface area (Å²) in [5.41, 5.74) is -2.52. The monoisotopic (exact) mass is 562 g/mol. The molecule has 10 nitrogen and oxygen atoms in total. The average molecular weight is 563 g/mol. The molecular formula is C25H23F5N8O2. The first-order valence-corrected chi connectivity index (χ1v) is 11.7. The molecule has 4 aromatic rings. The first-order chi connectivity index (χ1) is 18.9. The van der Waals surface area contributed by atoms with E-state index in [1.165, 1.54) is 48.5 Å². The van der Waals surface area contributed by atoms with Crippen molar-refractivity contribution >= 4 is 18.4 Å². The van der Waals surface area contributed by atoms with Gasteiger partial charge in [0.05, 0.1) is 18.8 Å². The second-order valence-electron chi connectivity index (χ2n) is 8.65. The molecule has 0 saturated heterocycles. The van der Waals surface area contributed by atoms with Crippen LogP contribution in [0.25, 0.3) is 11.4 Å². The van der Waals surface area contributed by atoms with E-state index >= 15 is 0 Å². The summed E-state index contributed by atoms with van der Waals surface area (Å²) in [5, 5.41) is 18.8. The Balaban J connectivity index is 1.75. The Morgan fingerprint density at radius 2 is 1.98 bits per heavy atom. The van der Waals surface area contributed by atoms with Crippen molar-refractivity contribution in [2.24, 2.45) is 22.0 Å². The topological polar surface area (TPSA) is 119 Å². The highest BCUT2D eigenvalue weighted by atomic mass is 19.4. The minimum atomic E-state index is -5.19. The lowest BCUT2D eigenvalue weighted by Gasteiger charge is -2.28. The van der Waals surface area contributed by atoms with Gasteiger partial charge in [0, 0.05) is 31.1 Å². The Morgan fingerprint density at radius 3 is 2.55 bits per heavy atom. The van der Waals surface area contributed by atoms with Gasteiger partial charge in [0.25, 0.3) is 0 Å². The smallest absolute Gasteiger partial charge is 0.373 e. The fourth-order valence-electron chi connectivity index (χ4n) is 3.76. The normalized spacial score (nSPS) is 15.2. The highest BCUT2D eigenvalue weighted by molar-refractivity contribution is 6.08. The van der Waals surface area contributed by atoms with E-state index in [-0.39, 0.29) is 18.1 Å². The van der Waals surface area contributed by atoms with Gasteiger partial charge in [-0.15, -0.1) is 0 Å². The maximum absolute atomic E-state index is 14.5. The Hall–Kier alpha value is -4.53. The molecule has 3 aromatic heterocycles. The maximum Gasteiger partial charge on any atom is 0.426 e. The Bertz CT molecular complexity index is 1540. The zero-order valence-corrected chi connectivity index (χ0v) is 21.2. The lowest BCUT2D eigenvalue weighted by Crippen LogP contribution is -2.47. The van der Waals surface area contributed by atoms with Crippen LogP contribution >= 0.6 is 0 Å². The highest BCUT2D eigenvalue weighted by Gasteiger charge is 2.57. The van der Waals surface area contributed by atoms with E-state index in [0.717, 1.165) is 17.7 Å². The van der Waals surface area contributed by atoms with Gasteiger partial charge in [-0.05, 0) is 25.8 Å². The van der Waals surface area contributed by atoms with Crippen LogP contribution in [0.1, 0.15) is 24.0 Å². The predicted octanol–water partition coefficient (Wildman–Crippen LogP) is 4.11. The number of rotatable bonds is 8. The van der Waals surface area contributed by atoms with Crippen LogP contribution in [0.4, 0.5) is 22.0 Å². The predicted molar refractivity (Wildman–Crippen MR) is 135 cm³/mol. The Kier molecular flexibility index (Phi) is 8.04. The molecule has 40 heavy (non-hydrogen) atoms. The van der Waals surface area contributed by atoms with Gasteiger partial charge in [0.1, 0.15) is 23.5 Å². The van der Waals surface area contributed by atoms with Crippen LogP contribution in [0.5, 0.6) is 0 Å². The van der Waals surface area contributed by atoms with Crippen molar-refractivity contribution in [1.82, 2.24) is 24.5 Å². The highest BCUT2D eigenvalue weighted by Crippen LogP contribution is 2.38. The van der Waals surface area contributed by atoms with Crippen molar-refractivity contribution in [3.63, 3.8) is 0 Å². The summed E-state index contributed by atoms with van der Waals surface area (Å²) in [6.07, 6.45) is -3.55. The molecule has 0 aliphatic carbocycles. The van der Waals surface area contributed by atoms with E-state index < -0.39 is 42.0 Å². The van der Waals surface area contributed by atoms with E-state index in [2.05, 4.69) is 36.9 Å². The molecule has 2 atom stereocenters. The number of alkyl halides is 4. The average Bonchev–Trinajstić information content (AvgIpc) is 3.66. The molecule has 1 aromatic carbocycles. The zero-order valence-electron chi connectivity index (χ0n) is 21.2. The van der Waals surface area contributed by atoms with Gasteiger partial charge in [-0.1, -0.05) is 23.4 Å². The largest absolute Gasteiger partial charge is 0.426 e. The number of halogens is 5. The van der Waals surface area contributed by atoms with Gasteiger partial charge in [-0.3, -0.25) is 9.67 Å². The molecule has 0 saturated carbocycles. The van der Waals surface area contributed by atoms with E-state index in [1.807, 2.05) is 0 Å². The minimum absolute atomic E-state index is 0.0212. The summed E-state index contributed by atoms with van der Waals surface area (Å²) < 4.78 is 77.8. The summed E-state index contributed by atoms with van der Waals surface area (Å²) in [6, 6.07) is 9.00. The summed E-state index contributed by atoms with van der Waals surface area (Å²) in [7, 11) is 1.27. The van der Waals surface area contributed by atoms with Gasteiger partial charge in [0.2, 0.25) is 5.60 Å². The lowest BCUT2D eigenvalue weighted by atomic mass is 10.0. The van der Waals surface area contributed by atoms with E-state index in [0.29, 0.717) is 17.0 Å². The number of nitrogens with zero attached hydrogens (tertiary/aromatic N) is 8. The number of aliphatic imine (C=N–C) groups is 3. The Morgan fingerprint density at radius 1 is 1.23 bits per heavy atom. The van der Waals surface area contributed by atoms with Gasteiger partial charge >= 0.3 is 6.18 Å². The van der Waals surface area contributed by atoms with E-state index in [4.69, 9.17) is 4.52 Å². The standard InChI is InChI=1S/C25H23F5N8O2/c1-15(26)21(33-14-24(39,25(28,29)30)23-32-9-10-37(23)3)34-22(31-2)19-12-20(18-8-11-40-36-18)38(35-19)13-16-6-4-5-7-17(16)27/h4-12,15,39H,2,13-14H2,1,3H3. The molecule has 0 radical (unpaired) electrons. The molecule has 4 rings (SSSR count). The molecule has 1 N–H and O–H groups in total. The number of aryl methyl sites for hydroxylation is 1. The summed E-state index contributed by atoms with van der Waals surface area (Å²) in [5.74, 6) is -2.20. The number of hydrogen-bond acceptors (Lipinski definition) is 6. The van der Waals surface area contributed by atoms with Crippen LogP contribution in [-0.4, -0.2) is 66.9 Å². The second kappa shape index (κ2) is 11.3. The minimum Gasteiger partial charge on any atom is -0.373 e. The molecule has 0 amide bonds. The first kappa shape index (κ1) is 28.5. The third-order valence-electron chi connectivity index (χ3n) is 5.84. The van der Waals surface area contributed by atoms with Crippen molar-refractivity contribution in [3.05, 3.63) is 78.0 Å². The fraction of sp³-hybridized carbons (Fsp3) is 0.280. The lowest BCUT2D eigenvalue weighted by molar-refractivity contribution is -0.265. The number of aromatic nitrogens is 5. The second-order valence-corrected chi connectivity index (χ2v) is 8.65. The van der Waals surface area contributed by atoms with E-state index in [1.54, 1.807) is 12.1 Å². The summed E-state index contributed by atoms with van der Waals surface area (Å²) in [6.45, 7) is 3.05. The van der Waals surface area contributed by atoms with Gasteiger partial charge < -0.3 is 14.2 Å². The van der Waals surface area contributed by atoms with Crippen LogP contribution < -0.4 is 0 Å². The number of benzene rings is 1. The quantitative estimate of drug-likeness (QED) is 0.197. The van der Waals surface area contributed by atoms with Crippen molar-refractivity contribution in [1.29, 1.82) is 0 Å². The summed E-state index contributed by atoms with van der Waals surface area (Å²) >= 11 is 0. The van der Waals surface area contributed by atoms with Crippen molar-refractivity contribution in [2.45, 2.75) is 31.4 Å². The fourth-order valence-corrected chi connectivity index (χ4v) is 3.76. The third kappa shape index (κ3) is 5.73. The van der Waals surface area contributed by atoms with Crippen molar-refractivity contribution in [2.75, 3.05) is 6.54 Å². The number of aliphatic hydroxyl groups is 1. The molecular weight excluding hydrogens is 539 g/mol. The van der Waals surface area contributed by atoms with Crippen LogP contribution in [0.2, 0.25) is 0 Å². The molecule has 210 valence electrons. The zero-order chi connectivity index (χ0) is 29.1. The number of amidine groups is 2.